The second-order valence-electron chi connectivity index (χ2n) is 7.27. The molecule has 2 N–H and O–H groups in total. The van der Waals surface area contributed by atoms with Crippen LogP contribution in [0.3, 0.4) is 0 Å². The molecule has 0 atom stereocenters. The molecule has 0 aliphatic heterocycles. The molecule has 4 rings (SSSR count). The summed E-state index contributed by atoms with van der Waals surface area (Å²) in [6.45, 7) is 1.70. The number of carbonyl (C=O) groups is 2. The van der Waals surface area contributed by atoms with Crippen LogP contribution in [0.5, 0.6) is 17.2 Å². The molecule has 0 bridgehead atoms. The smallest absolute Gasteiger partial charge is 0.262 e. The van der Waals surface area contributed by atoms with Gasteiger partial charge >= 0.3 is 0 Å². The molecule has 8 nitrogen and oxygen atoms in total. The van der Waals surface area contributed by atoms with Crippen molar-refractivity contribution in [2.75, 3.05) is 31.5 Å². The molecule has 9 heteroatoms. The Morgan fingerprint density at radius 3 is 2.50 bits per heavy atom. The van der Waals surface area contributed by atoms with Gasteiger partial charge in [0.15, 0.2) is 18.1 Å². The number of nitrogens with one attached hydrogen (secondary N) is 2. The maximum Gasteiger partial charge on any atom is 0.262 e. The van der Waals surface area contributed by atoms with Crippen LogP contribution in [0.15, 0.2) is 60.7 Å². The Hall–Kier alpha value is -4.11. The van der Waals surface area contributed by atoms with Gasteiger partial charge < -0.3 is 24.8 Å². The maximum atomic E-state index is 12.8. The van der Waals surface area contributed by atoms with Gasteiger partial charge in [-0.25, -0.2) is 4.98 Å². The standard InChI is InChI=1S/C25H23N3O5S/c1-15-26-19-10-9-17(13-23(19)34-15)27-25(30)16-8-11-21(22(12-16)32-3)33-14-24(29)28-18-6-4-5-7-20(18)31-2/h4-13H,14H2,1-3H3,(H,27,30)(H,28,29). The SMILES string of the molecule is COc1ccccc1NC(=O)COc1ccc(C(=O)Nc2ccc3nc(C)sc3c2)cc1OC. The number of hydrogen-bond acceptors (Lipinski definition) is 7. The van der Waals surface area contributed by atoms with Gasteiger partial charge in [0.1, 0.15) is 5.75 Å². The van der Waals surface area contributed by atoms with Crippen LogP contribution >= 0.6 is 11.3 Å². The molecule has 34 heavy (non-hydrogen) atoms. The molecule has 1 aromatic heterocycles. The van der Waals surface area contributed by atoms with E-state index in [4.69, 9.17) is 14.2 Å². The third-order valence-electron chi connectivity index (χ3n) is 4.92. The Labute approximate surface area is 200 Å². The molecular weight excluding hydrogens is 454 g/mol. The van der Waals surface area contributed by atoms with Gasteiger partial charge in [0, 0.05) is 11.3 Å². The molecule has 0 aliphatic carbocycles. The molecule has 0 fully saturated rings. The molecular formula is C25H23N3O5S. The van der Waals surface area contributed by atoms with Crippen LogP contribution < -0.4 is 24.8 Å². The number of thiazole rings is 1. The summed E-state index contributed by atoms with van der Waals surface area (Å²) in [6, 6.07) is 17.5. The third kappa shape index (κ3) is 5.26. The lowest BCUT2D eigenvalue weighted by Gasteiger charge is -2.13. The molecule has 0 spiro atoms. The largest absolute Gasteiger partial charge is 0.495 e. The van der Waals surface area contributed by atoms with Crippen LogP contribution in [-0.2, 0) is 4.79 Å². The van der Waals surface area contributed by atoms with Crippen molar-refractivity contribution in [2.45, 2.75) is 6.92 Å². The first kappa shape index (κ1) is 23.1. The second kappa shape index (κ2) is 10.2. The fourth-order valence-corrected chi connectivity index (χ4v) is 4.19. The van der Waals surface area contributed by atoms with Crippen molar-refractivity contribution in [1.82, 2.24) is 4.98 Å². The summed E-state index contributed by atoms with van der Waals surface area (Å²) in [7, 11) is 3.00. The Morgan fingerprint density at radius 2 is 1.71 bits per heavy atom. The summed E-state index contributed by atoms with van der Waals surface area (Å²) in [5.41, 5.74) is 2.51. The summed E-state index contributed by atoms with van der Waals surface area (Å²) < 4.78 is 17.2. The van der Waals surface area contributed by atoms with Crippen LogP contribution in [0, 0.1) is 6.92 Å². The van der Waals surface area contributed by atoms with Crippen molar-refractivity contribution >= 4 is 44.7 Å². The number of aromatic nitrogens is 1. The highest BCUT2D eigenvalue weighted by molar-refractivity contribution is 7.18. The quantitative estimate of drug-likeness (QED) is 0.375. The molecule has 0 aliphatic rings. The molecule has 0 radical (unpaired) electrons. The fourth-order valence-electron chi connectivity index (χ4n) is 3.33. The van der Waals surface area contributed by atoms with Gasteiger partial charge in [-0.3, -0.25) is 9.59 Å². The number of rotatable bonds is 8. The first-order chi connectivity index (χ1) is 16.5. The van der Waals surface area contributed by atoms with Crippen molar-refractivity contribution in [1.29, 1.82) is 0 Å². The van der Waals surface area contributed by atoms with Crippen LogP contribution in [0.25, 0.3) is 10.2 Å². The lowest BCUT2D eigenvalue weighted by Crippen LogP contribution is -2.20. The summed E-state index contributed by atoms with van der Waals surface area (Å²) in [5, 5.41) is 6.60. The van der Waals surface area contributed by atoms with E-state index in [0.29, 0.717) is 34.2 Å². The zero-order valence-corrected chi connectivity index (χ0v) is 19.7. The molecule has 4 aromatic rings. The first-order valence-corrected chi connectivity index (χ1v) is 11.2. The van der Waals surface area contributed by atoms with Crippen molar-refractivity contribution < 1.29 is 23.8 Å². The lowest BCUT2D eigenvalue weighted by molar-refractivity contribution is -0.118. The molecule has 2 amide bonds. The van der Waals surface area contributed by atoms with Crippen LogP contribution in [0.1, 0.15) is 15.4 Å². The number of fused-ring (bicyclic) bond motifs is 1. The fraction of sp³-hybridized carbons (Fsp3) is 0.160. The number of methoxy groups -OCH3 is 2. The maximum absolute atomic E-state index is 12.8. The zero-order chi connectivity index (χ0) is 24.1. The molecule has 1 heterocycles. The minimum Gasteiger partial charge on any atom is -0.495 e. The normalized spacial score (nSPS) is 10.6. The Kier molecular flexibility index (Phi) is 6.93. The van der Waals surface area contributed by atoms with Gasteiger partial charge in [-0.1, -0.05) is 12.1 Å². The van der Waals surface area contributed by atoms with E-state index in [9.17, 15) is 9.59 Å². The van der Waals surface area contributed by atoms with E-state index < -0.39 is 0 Å². The van der Waals surface area contributed by atoms with Gasteiger partial charge in [0.05, 0.1) is 35.1 Å². The number of amides is 2. The van der Waals surface area contributed by atoms with Crippen molar-refractivity contribution in [3.8, 4) is 17.2 Å². The topological polar surface area (TPSA) is 98.8 Å². The van der Waals surface area contributed by atoms with Crippen LogP contribution in [0.2, 0.25) is 0 Å². The Bertz CT molecular complexity index is 1350. The van der Waals surface area contributed by atoms with Crippen molar-refractivity contribution in [3.63, 3.8) is 0 Å². The number of hydrogen-bond donors (Lipinski definition) is 2. The van der Waals surface area contributed by atoms with Gasteiger partial charge in [-0.15, -0.1) is 11.3 Å². The number of nitrogens with zero attached hydrogens (tertiary/aromatic N) is 1. The summed E-state index contributed by atoms with van der Waals surface area (Å²) in [4.78, 5) is 29.5. The third-order valence-corrected chi connectivity index (χ3v) is 5.85. The zero-order valence-electron chi connectivity index (χ0n) is 18.9. The average molecular weight is 478 g/mol. The second-order valence-corrected chi connectivity index (χ2v) is 8.51. The summed E-state index contributed by atoms with van der Waals surface area (Å²) in [5.74, 6) is 0.580. The molecule has 0 unspecified atom stereocenters. The van der Waals surface area contributed by atoms with Gasteiger partial charge in [-0.05, 0) is 55.5 Å². The Balaban J connectivity index is 1.41. The van der Waals surface area contributed by atoms with E-state index in [-0.39, 0.29) is 18.4 Å². The monoisotopic (exact) mass is 477 g/mol. The lowest BCUT2D eigenvalue weighted by atomic mass is 10.1. The van der Waals surface area contributed by atoms with Gasteiger partial charge in [0.25, 0.3) is 11.8 Å². The highest BCUT2D eigenvalue weighted by atomic mass is 32.1. The highest BCUT2D eigenvalue weighted by Crippen LogP contribution is 2.30. The van der Waals surface area contributed by atoms with Gasteiger partial charge in [0.2, 0.25) is 0 Å². The molecule has 174 valence electrons. The number of carbonyl (C=O) groups excluding carboxylic acids is 2. The Morgan fingerprint density at radius 1 is 0.912 bits per heavy atom. The number of benzene rings is 3. The number of anilines is 2. The number of ether oxygens (including phenoxy) is 3. The predicted octanol–water partition coefficient (Wildman–Crippen LogP) is 4.89. The summed E-state index contributed by atoms with van der Waals surface area (Å²) >= 11 is 1.57. The molecule has 3 aromatic carbocycles. The van der Waals surface area contributed by atoms with E-state index >= 15 is 0 Å². The first-order valence-electron chi connectivity index (χ1n) is 10.4. The van der Waals surface area contributed by atoms with E-state index in [1.165, 1.54) is 14.2 Å². The van der Waals surface area contributed by atoms with Crippen molar-refractivity contribution in [3.05, 3.63) is 71.2 Å². The highest BCUT2D eigenvalue weighted by Gasteiger charge is 2.14. The predicted molar refractivity (Wildman–Crippen MR) is 132 cm³/mol. The number of para-hydroxylation sites is 2. The van der Waals surface area contributed by atoms with Crippen LogP contribution in [0.4, 0.5) is 11.4 Å². The molecule has 0 saturated heterocycles. The van der Waals surface area contributed by atoms with Gasteiger partial charge in [-0.2, -0.15) is 0 Å². The average Bonchev–Trinajstić information content (AvgIpc) is 3.22. The van der Waals surface area contributed by atoms with E-state index in [1.807, 2.05) is 31.2 Å². The van der Waals surface area contributed by atoms with E-state index in [1.54, 1.807) is 47.7 Å². The van der Waals surface area contributed by atoms with Crippen molar-refractivity contribution in [2.24, 2.45) is 0 Å². The van der Waals surface area contributed by atoms with E-state index in [2.05, 4.69) is 15.6 Å². The summed E-state index contributed by atoms with van der Waals surface area (Å²) in [6.07, 6.45) is 0. The minimum absolute atomic E-state index is 0.242. The number of aryl methyl sites for hydroxylation is 1. The minimum atomic E-state index is -0.359. The molecule has 0 saturated carbocycles. The van der Waals surface area contributed by atoms with Crippen LogP contribution in [-0.4, -0.2) is 37.6 Å². The van der Waals surface area contributed by atoms with E-state index in [0.717, 1.165) is 15.2 Å².